The number of para-hydroxylation sites is 2. The number of aromatic amines is 2. The highest BCUT2D eigenvalue weighted by Crippen LogP contribution is 2.09. The molecule has 7 nitrogen and oxygen atoms in total. The highest BCUT2D eigenvalue weighted by atomic mass is 16.1. The molecule has 3 rings (SSSR count). The van der Waals surface area contributed by atoms with E-state index in [9.17, 15) is 9.59 Å². The minimum Gasteiger partial charge on any atom is -0.356 e. The Hall–Kier alpha value is -2.96. The van der Waals surface area contributed by atoms with Crippen LogP contribution >= 0.6 is 0 Å². The summed E-state index contributed by atoms with van der Waals surface area (Å²) < 4.78 is 0. The van der Waals surface area contributed by atoms with Gasteiger partial charge in [-0.3, -0.25) is 14.7 Å². The Bertz CT molecular complexity index is 938. The maximum absolute atomic E-state index is 12.0. The van der Waals surface area contributed by atoms with Gasteiger partial charge in [0.25, 0.3) is 5.56 Å². The van der Waals surface area contributed by atoms with Gasteiger partial charge in [-0.1, -0.05) is 12.1 Å². The molecule has 1 amide bonds. The average Bonchev–Trinajstić information content (AvgIpc) is 2.92. The van der Waals surface area contributed by atoms with Crippen molar-refractivity contribution in [1.82, 2.24) is 25.5 Å². The number of aromatic nitrogens is 4. The molecular weight excluding hydrogens is 318 g/mol. The smallest absolute Gasteiger partial charge is 0.270 e. The summed E-state index contributed by atoms with van der Waals surface area (Å²) in [4.78, 5) is 31.2. The number of aryl methyl sites for hydroxylation is 3. The summed E-state index contributed by atoms with van der Waals surface area (Å²) in [6.07, 6.45) is 1.28. The van der Waals surface area contributed by atoms with Gasteiger partial charge < -0.3 is 10.3 Å². The van der Waals surface area contributed by atoms with E-state index in [-0.39, 0.29) is 17.9 Å². The number of rotatable bonds is 6. The SMILES string of the molecule is Cc1n[nH]c(C)c1CCNC(=O)CCc1nc2ccccc2[nH]c1=O. The molecule has 25 heavy (non-hydrogen) atoms. The minimum absolute atomic E-state index is 0.0897. The van der Waals surface area contributed by atoms with Crippen LogP contribution in [0.15, 0.2) is 29.1 Å². The lowest BCUT2D eigenvalue weighted by molar-refractivity contribution is -0.121. The molecule has 0 saturated heterocycles. The molecule has 0 aliphatic heterocycles. The van der Waals surface area contributed by atoms with Crippen molar-refractivity contribution in [3.05, 3.63) is 57.3 Å². The van der Waals surface area contributed by atoms with Crippen LogP contribution in [0.3, 0.4) is 0 Å². The first-order valence-corrected chi connectivity index (χ1v) is 8.29. The molecule has 2 heterocycles. The molecule has 0 spiro atoms. The van der Waals surface area contributed by atoms with Crippen molar-refractivity contribution in [2.45, 2.75) is 33.1 Å². The lowest BCUT2D eigenvalue weighted by Gasteiger charge is -2.06. The Balaban J connectivity index is 1.54. The van der Waals surface area contributed by atoms with Crippen molar-refractivity contribution in [1.29, 1.82) is 0 Å². The fourth-order valence-corrected chi connectivity index (χ4v) is 2.83. The molecule has 0 radical (unpaired) electrons. The summed E-state index contributed by atoms with van der Waals surface area (Å²) in [5.74, 6) is -0.0897. The second-order valence-corrected chi connectivity index (χ2v) is 6.04. The zero-order valence-electron chi connectivity index (χ0n) is 14.3. The van der Waals surface area contributed by atoms with Gasteiger partial charge in [0.15, 0.2) is 0 Å². The van der Waals surface area contributed by atoms with Gasteiger partial charge in [0.1, 0.15) is 5.69 Å². The third kappa shape index (κ3) is 3.93. The van der Waals surface area contributed by atoms with Crippen LogP contribution in [-0.4, -0.2) is 32.6 Å². The van der Waals surface area contributed by atoms with Gasteiger partial charge in [0, 0.05) is 25.1 Å². The van der Waals surface area contributed by atoms with E-state index in [1.807, 2.05) is 32.0 Å². The molecule has 1 aromatic carbocycles. The highest BCUT2D eigenvalue weighted by molar-refractivity contribution is 5.76. The minimum atomic E-state index is -0.240. The second kappa shape index (κ2) is 7.29. The number of benzene rings is 1. The van der Waals surface area contributed by atoms with Gasteiger partial charge in [-0.05, 0) is 38.0 Å². The third-order valence-corrected chi connectivity index (χ3v) is 4.24. The van der Waals surface area contributed by atoms with Crippen LogP contribution in [0.5, 0.6) is 0 Å². The zero-order valence-corrected chi connectivity index (χ0v) is 14.3. The van der Waals surface area contributed by atoms with E-state index in [2.05, 4.69) is 25.5 Å². The summed E-state index contributed by atoms with van der Waals surface area (Å²) in [6, 6.07) is 7.35. The van der Waals surface area contributed by atoms with Gasteiger partial charge >= 0.3 is 0 Å². The van der Waals surface area contributed by atoms with E-state index in [1.165, 1.54) is 0 Å². The Morgan fingerprint density at radius 1 is 1.20 bits per heavy atom. The van der Waals surface area contributed by atoms with Gasteiger partial charge in [-0.25, -0.2) is 4.98 Å². The maximum atomic E-state index is 12.0. The molecule has 0 saturated carbocycles. The van der Waals surface area contributed by atoms with Crippen LogP contribution in [0.2, 0.25) is 0 Å². The largest absolute Gasteiger partial charge is 0.356 e. The number of hydrogen-bond acceptors (Lipinski definition) is 4. The Labute approximate surface area is 144 Å². The standard InChI is InChI=1S/C18H21N5O2/c1-11-13(12(2)23-22-11)9-10-19-17(24)8-7-16-18(25)21-15-6-4-3-5-14(15)20-16/h3-6H,7-10H2,1-2H3,(H,19,24)(H,21,25)(H,22,23). The van der Waals surface area contributed by atoms with Crippen molar-refractivity contribution >= 4 is 16.9 Å². The molecule has 0 bridgehead atoms. The van der Waals surface area contributed by atoms with Gasteiger partial charge in [0.2, 0.25) is 5.91 Å². The summed E-state index contributed by atoms with van der Waals surface area (Å²) in [5, 5.41) is 9.96. The van der Waals surface area contributed by atoms with Gasteiger partial charge in [-0.2, -0.15) is 5.10 Å². The van der Waals surface area contributed by atoms with Crippen LogP contribution in [0.25, 0.3) is 11.0 Å². The quantitative estimate of drug-likeness (QED) is 0.634. The molecule has 7 heteroatoms. The van der Waals surface area contributed by atoms with Crippen LogP contribution in [0.1, 0.15) is 29.1 Å². The fourth-order valence-electron chi connectivity index (χ4n) is 2.83. The summed E-state index contributed by atoms with van der Waals surface area (Å²) in [5.41, 5.74) is 4.69. The molecule has 3 aromatic rings. The lowest BCUT2D eigenvalue weighted by Crippen LogP contribution is -2.27. The Morgan fingerprint density at radius 2 is 2.00 bits per heavy atom. The summed E-state index contributed by atoms with van der Waals surface area (Å²) in [6.45, 7) is 4.45. The zero-order chi connectivity index (χ0) is 17.8. The molecule has 130 valence electrons. The van der Waals surface area contributed by atoms with Crippen molar-refractivity contribution in [2.24, 2.45) is 0 Å². The van der Waals surface area contributed by atoms with Crippen molar-refractivity contribution in [3.63, 3.8) is 0 Å². The Morgan fingerprint density at radius 3 is 2.76 bits per heavy atom. The first-order chi connectivity index (χ1) is 12.0. The number of carbonyl (C=O) groups excluding carboxylic acids is 1. The average molecular weight is 339 g/mol. The number of H-pyrrole nitrogens is 2. The molecule has 0 unspecified atom stereocenters. The lowest BCUT2D eigenvalue weighted by atomic mass is 10.1. The number of hydrogen-bond donors (Lipinski definition) is 3. The predicted octanol–water partition coefficient (Wildman–Crippen LogP) is 1.55. The van der Waals surface area contributed by atoms with E-state index in [4.69, 9.17) is 0 Å². The van der Waals surface area contributed by atoms with E-state index >= 15 is 0 Å². The fraction of sp³-hybridized carbons (Fsp3) is 0.333. The normalized spacial score (nSPS) is 11.0. The van der Waals surface area contributed by atoms with Crippen LogP contribution in [0.4, 0.5) is 0 Å². The molecule has 0 atom stereocenters. The number of carbonyl (C=O) groups is 1. The Kier molecular flexibility index (Phi) is 4.92. The molecular formula is C18H21N5O2. The number of fused-ring (bicyclic) bond motifs is 1. The molecule has 0 aliphatic rings. The molecule has 2 aromatic heterocycles. The predicted molar refractivity (Wildman–Crippen MR) is 95.5 cm³/mol. The first-order valence-electron chi connectivity index (χ1n) is 8.29. The van der Waals surface area contributed by atoms with Crippen LogP contribution in [0, 0.1) is 13.8 Å². The van der Waals surface area contributed by atoms with E-state index < -0.39 is 0 Å². The molecule has 3 N–H and O–H groups in total. The van der Waals surface area contributed by atoms with Crippen molar-refractivity contribution in [3.8, 4) is 0 Å². The van der Waals surface area contributed by atoms with E-state index in [0.29, 0.717) is 24.2 Å². The van der Waals surface area contributed by atoms with Crippen LogP contribution < -0.4 is 10.9 Å². The topological polar surface area (TPSA) is 104 Å². The second-order valence-electron chi connectivity index (χ2n) is 6.04. The maximum Gasteiger partial charge on any atom is 0.270 e. The summed E-state index contributed by atoms with van der Waals surface area (Å²) >= 11 is 0. The van der Waals surface area contributed by atoms with Crippen molar-refractivity contribution < 1.29 is 4.79 Å². The van der Waals surface area contributed by atoms with Crippen LogP contribution in [-0.2, 0) is 17.6 Å². The van der Waals surface area contributed by atoms with E-state index in [0.717, 1.165) is 28.9 Å². The first kappa shape index (κ1) is 16.9. The van der Waals surface area contributed by atoms with Gasteiger partial charge in [-0.15, -0.1) is 0 Å². The number of nitrogens with zero attached hydrogens (tertiary/aromatic N) is 2. The monoisotopic (exact) mass is 339 g/mol. The highest BCUT2D eigenvalue weighted by Gasteiger charge is 2.09. The summed E-state index contributed by atoms with van der Waals surface area (Å²) in [7, 11) is 0. The third-order valence-electron chi connectivity index (χ3n) is 4.24. The van der Waals surface area contributed by atoms with Gasteiger partial charge in [0.05, 0.1) is 16.7 Å². The number of nitrogens with one attached hydrogen (secondary N) is 3. The van der Waals surface area contributed by atoms with E-state index in [1.54, 1.807) is 6.07 Å². The molecule has 0 aliphatic carbocycles. The van der Waals surface area contributed by atoms with Crippen molar-refractivity contribution in [2.75, 3.05) is 6.54 Å². The molecule has 0 fully saturated rings. The number of amides is 1.